The summed E-state index contributed by atoms with van der Waals surface area (Å²) in [4.78, 5) is 36.2. The lowest BCUT2D eigenvalue weighted by Crippen LogP contribution is -2.47. The summed E-state index contributed by atoms with van der Waals surface area (Å²) in [6.07, 6.45) is 0. The van der Waals surface area contributed by atoms with Crippen LogP contribution in [0.4, 0.5) is 10.5 Å². The highest BCUT2D eigenvalue weighted by Gasteiger charge is 2.26. The number of para-hydroxylation sites is 1. The van der Waals surface area contributed by atoms with Crippen LogP contribution in [-0.4, -0.2) is 31.1 Å². The Hall–Kier alpha value is -3.29. The number of furan rings is 1. The van der Waals surface area contributed by atoms with Crippen LogP contribution in [0.3, 0.4) is 0 Å². The Morgan fingerprint density at radius 2 is 1.82 bits per heavy atom. The molecule has 2 N–H and O–H groups in total. The second kappa shape index (κ2) is 9.59. The molecule has 0 aliphatic heterocycles. The summed E-state index contributed by atoms with van der Waals surface area (Å²) in [5.74, 6) is -0.649. The Balaban J connectivity index is 1.95. The van der Waals surface area contributed by atoms with Gasteiger partial charge in [-0.3, -0.25) is 0 Å². The highest BCUT2D eigenvalue weighted by molar-refractivity contribution is 5.92. The highest BCUT2D eigenvalue weighted by atomic mass is 16.5. The smallest absolute Gasteiger partial charge is 0.341 e. The molecule has 0 fully saturated rings. The summed E-state index contributed by atoms with van der Waals surface area (Å²) in [7, 11) is 1.27. The quantitative estimate of drug-likeness (QED) is 0.705. The molecule has 0 spiro atoms. The van der Waals surface area contributed by atoms with Crippen molar-refractivity contribution in [3.05, 3.63) is 53.5 Å². The molecule has 0 saturated carbocycles. The molecule has 1 atom stereocenters. The van der Waals surface area contributed by atoms with E-state index in [1.807, 2.05) is 6.07 Å². The molecule has 0 bridgehead atoms. The van der Waals surface area contributed by atoms with Gasteiger partial charge in [-0.15, -0.1) is 0 Å². The normalized spacial score (nSPS) is 11.6. The fourth-order valence-electron chi connectivity index (χ4n) is 2.49. The number of hydrogen-bond donors (Lipinski definition) is 2. The van der Waals surface area contributed by atoms with Gasteiger partial charge in [0.05, 0.1) is 7.11 Å². The maximum absolute atomic E-state index is 12.4. The predicted octanol–water partition coefficient (Wildman–Crippen LogP) is 3.26. The summed E-state index contributed by atoms with van der Waals surface area (Å²) in [5.41, 5.74) is 0.881. The van der Waals surface area contributed by atoms with E-state index in [9.17, 15) is 14.4 Å². The Labute approximate surface area is 163 Å². The SMILES string of the molecule is COC(=O)c1cc(COC(=O)[C@@H](NC(=O)Nc2ccccc2)C(C)C)oc1C. The molecule has 28 heavy (non-hydrogen) atoms. The van der Waals surface area contributed by atoms with Crippen molar-refractivity contribution in [2.24, 2.45) is 5.92 Å². The molecule has 1 heterocycles. The van der Waals surface area contributed by atoms with Gasteiger partial charge in [-0.25, -0.2) is 14.4 Å². The third-order valence-corrected chi connectivity index (χ3v) is 3.97. The lowest BCUT2D eigenvalue weighted by atomic mass is 10.1. The summed E-state index contributed by atoms with van der Waals surface area (Å²) in [6, 6.07) is 8.99. The average molecular weight is 388 g/mol. The Kier molecular flexibility index (Phi) is 7.20. The van der Waals surface area contributed by atoms with Crippen LogP contribution in [-0.2, 0) is 20.9 Å². The van der Waals surface area contributed by atoms with Crippen LogP contribution in [0.5, 0.6) is 0 Å². The fraction of sp³-hybridized carbons (Fsp3) is 0.350. The molecular weight excluding hydrogens is 364 g/mol. The lowest BCUT2D eigenvalue weighted by Gasteiger charge is -2.20. The van der Waals surface area contributed by atoms with Gasteiger partial charge in [-0.05, 0) is 31.0 Å². The van der Waals surface area contributed by atoms with Crippen LogP contribution in [0.25, 0.3) is 0 Å². The summed E-state index contributed by atoms with van der Waals surface area (Å²) in [6.45, 7) is 5.04. The van der Waals surface area contributed by atoms with Crippen molar-refractivity contribution in [1.82, 2.24) is 5.32 Å². The molecule has 8 heteroatoms. The lowest BCUT2D eigenvalue weighted by molar-refractivity contribution is -0.148. The molecule has 2 amide bonds. The van der Waals surface area contributed by atoms with Crippen LogP contribution in [0, 0.1) is 12.8 Å². The molecule has 2 rings (SSSR count). The van der Waals surface area contributed by atoms with Gasteiger partial charge in [-0.1, -0.05) is 32.0 Å². The van der Waals surface area contributed by atoms with E-state index in [2.05, 4.69) is 15.4 Å². The van der Waals surface area contributed by atoms with Crippen molar-refractivity contribution in [2.45, 2.75) is 33.4 Å². The van der Waals surface area contributed by atoms with E-state index in [-0.39, 0.29) is 18.1 Å². The number of hydrogen-bond acceptors (Lipinski definition) is 6. The first-order chi connectivity index (χ1) is 13.3. The number of ether oxygens (including phenoxy) is 2. The fourth-order valence-corrected chi connectivity index (χ4v) is 2.49. The molecule has 0 radical (unpaired) electrons. The molecule has 8 nitrogen and oxygen atoms in total. The summed E-state index contributed by atoms with van der Waals surface area (Å²) >= 11 is 0. The minimum absolute atomic E-state index is 0.165. The van der Waals surface area contributed by atoms with Gasteiger partial charge in [0.15, 0.2) is 0 Å². The van der Waals surface area contributed by atoms with Crippen molar-refractivity contribution in [1.29, 1.82) is 0 Å². The van der Waals surface area contributed by atoms with Crippen molar-refractivity contribution in [3.8, 4) is 0 Å². The van der Waals surface area contributed by atoms with E-state index in [1.165, 1.54) is 13.2 Å². The van der Waals surface area contributed by atoms with Crippen molar-refractivity contribution in [3.63, 3.8) is 0 Å². The molecule has 2 aromatic rings. The number of urea groups is 1. The molecule has 0 unspecified atom stereocenters. The number of amides is 2. The zero-order valence-electron chi connectivity index (χ0n) is 16.3. The number of nitrogens with one attached hydrogen (secondary N) is 2. The largest absolute Gasteiger partial charge is 0.465 e. The van der Waals surface area contributed by atoms with Gasteiger partial charge in [-0.2, -0.15) is 0 Å². The minimum atomic E-state index is -0.847. The Morgan fingerprint density at radius 1 is 1.14 bits per heavy atom. The van der Waals surface area contributed by atoms with E-state index < -0.39 is 24.0 Å². The number of carbonyl (C=O) groups excluding carboxylic acids is 3. The number of carbonyl (C=O) groups is 3. The topological polar surface area (TPSA) is 107 Å². The highest BCUT2D eigenvalue weighted by Crippen LogP contribution is 2.17. The number of anilines is 1. The van der Waals surface area contributed by atoms with Gasteiger partial charge in [0.1, 0.15) is 29.7 Å². The first kappa shape index (κ1) is 21.0. The molecule has 1 aromatic carbocycles. The van der Waals surface area contributed by atoms with Crippen LogP contribution >= 0.6 is 0 Å². The van der Waals surface area contributed by atoms with Gasteiger partial charge in [0.25, 0.3) is 0 Å². The average Bonchev–Trinajstić information content (AvgIpc) is 3.04. The van der Waals surface area contributed by atoms with Crippen LogP contribution < -0.4 is 10.6 Å². The van der Waals surface area contributed by atoms with E-state index in [1.54, 1.807) is 45.0 Å². The van der Waals surface area contributed by atoms with Gasteiger partial charge < -0.3 is 24.5 Å². The van der Waals surface area contributed by atoms with E-state index >= 15 is 0 Å². The molecule has 0 aliphatic rings. The van der Waals surface area contributed by atoms with Crippen LogP contribution in [0.1, 0.15) is 35.7 Å². The van der Waals surface area contributed by atoms with E-state index in [0.29, 0.717) is 17.2 Å². The van der Waals surface area contributed by atoms with E-state index in [4.69, 9.17) is 9.15 Å². The van der Waals surface area contributed by atoms with Crippen molar-refractivity contribution >= 4 is 23.7 Å². The number of rotatable bonds is 7. The van der Waals surface area contributed by atoms with Gasteiger partial charge in [0, 0.05) is 5.69 Å². The minimum Gasteiger partial charge on any atom is -0.465 e. The first-order valence-corrected chi connectivity index (χ1v) is 8.78. The van der Waals surface area contributed by atoms with Crippen LogP contribution in [0.15, 0.2) is 40.8 Å². The predicted molar refractivity (Wildman–Crippen MR) is 102 cm³/mol. The Bertz CT molecular complexity index is 828. The Morgan fingerprint density at radius 3 is 2.43 bits per heavy atom. The van der Waals surface area contributed by atoms with Crippen LogP contribution in [0.2, 0.25) is 0 Å². The summed E-state index contributed by atoms with van der Waals surface area (Å²) in [5, 5.41) is 5.27. The standard InChI is InChI=1S/C20H24N2O6/c1-12(2)17(22-20(25)21-14-8-6-5-7-9-14)19(24)27-11-15-10-16(13(3)28-15)18(23)26-4/h5-10,12,17H,11H2,1-4H3,(H2,21,22,25)/t17-/m0/s1. The maximum atomic E-state index is 12.4. The summed E-state index contributed by atoms with van der Waals surface area (Å²) < 4.78 is 15.3. The second-order valence-corrected chi connectivity index (χ2v) is 6.47. The maximum Gasteiger partial charge on any atom is 0.341 e. The zero-order chi connectivity index (χ0) is 20.7. The van der Waals surface area contributed by atoms with E-state index in [0.717, 1.165) is 0 Å². The van der Waals surface area contributed by atoms with Gasteiger partial charge >= 0.3 is 18.0 Å². The zero-order valence-corrected chi connectivity index (χ0v) is 16.3. The number of esters is 2. The molecule has 0 aliphatic carbocycles. The monoisotopic (exact) mass is 388 g/mol. The number of methoxy groups -OCH3 is 1. The molecular formula is C20H24N2O6. The third kappa shape index (κ3) is 5.60. The first-order valence-electron chi connectivity index (χ1n) is 8.78. The van der Waals surface area contributed by atoms with Crippen molar-refractivity contribution in [2.75, 3.05) is 12.4 Å². The number of benzene rings is 1. The number of aryl methyl sites for hydroxylation is 1. The second-order valence-electron chi connectivity index (χ2n) is 6.47. The van der Waals surface area contributed by atoms with Gasteiger partial charge in [0.2, 0.25) is 0 Å². The molecule has 0 saturated heterocycles. The third-order valence-electron chi connectivity index (χ3n) is 3.97. The molecule has 1 aromatic heterocycles. The van der Waals surface area contributed by atoms with Crippen molar-refractivity contribution < 1.29 is 28.3 Å². The molecule has 150 valence electrons.